The van der Waals surface area contributed by atoms with Gasteiger partial charge in [0.05, 0.1) is 18.7 Å². The molecule has 0 spiro atoms. The maximum atomic E-state index is 13.1. The summed E-state index contributed by atoms with van der Waals surface area (Å²) in [6, 6.07) is 11.3. The number of hydrogen-bond acceptors (Lipinski definition) is 4. The molecule has 0 saturated heterocycles. The number of hydrogen-bond donors (Lipinski definition) is 3. The number of allylic oxidation sites excluding steroid dienone is 1. The van der Waals surface area contributed by atoms with Gasteiger partial charge in [-0.25, -0.2) is 0 Å². The number of ether oxygens (including phenoxy) is 2. The zero-order chi connectivity index (χ0) is 21.8. The summed E-state index contributed by atoms with van der Waals surface area (Å²) < 4.78 is 34.9. The minimum Gasteiger partial charge on any atom is -0.493 e. The van der Waals surface area contributed by atoms with E-state index in [1.165, 1.54) is 19.2 Å². The highest BCUT2D eigenvalue weighted by Crippen LogP contribution is 2.35. The number of methoxy groups -OCH3 is 1. The second-order valence-electron chi connectivity index (χ2n) is 6.68. The van der Waals surface area contributed by atoms with Gasteiger partial charge >= 0.3 is 6.61 Å². The van der Waals surface area contributed by atoms with E-state index in [2.05, 4.69) is 20.7 Å². The SMILES string of the molecule is COc1cc([C@@H]2NC(=S)NC(C)=C2C(=O)Nc2ccc(C)cc2)ccc1OC(F)F. The van der Waals surface area contributed by atoms with Gasteiger partial charge in [0.15, 0.2) is 16.6 Å². The van der Waals surface area contributed by atoms with E-state index in [1.807, 2.05) is 31.2 Å². The maximum absolute atomic E-state index is 13.1. The summed E-state index contributed by atoms with van der Waals surface area (Å²) in [5.74, 6) is -0.301. The average Bonchev–Trinajstić information content (AvgIpc) is 2.69. The first-order valence-corrected chi connectivity index (χ1v) is 9.48. The van der Waals surface area contributed by atoms with E-state index in [9.17, 15) is 13.6 Å². The van der Waals surface area contributed by atoms with Crippen LogP contribution in [0.4, 0.5) is 14.5 Å². The van der Waals surface area contributed by atoms with Gasteiger partial charge in [0.25, 0.3) is 5.91 Å². The number of amides is 1. The molecule has 0 aliphatic carbocycles. The molecule has 3 rings (SSSR count). The van der Waals surface area contributed by atoms with E-state index in [0.29, 0.717) is 27.6 Å². The van der Waals surface area contributed by atoms with Crippen LogP contribution in [0.15, 0.2) is 53.7 Å². The van der Waals surface area contributed by atoms with Crippen LogP contribution < -0.4 is 25.4 Å². The molecule has 30 heavy (non-hydrogen) atoms. The Morgan fingerprint density at radius 3 is 2.47 bits per heavy atom. The molecule has 1 aliphatic rings. The Morgan fingerprint density at radius 1 is 1.13 bits per heavy atom. The Hall–Kier alpha value is -3.20. The van der Waals surface area contributed by atoms with Crippen molar-refractivity contribution in [3.63, 3.8) is 0 Å². The molecule has 0 aromatic heterocycles. The molecule has 1 atom stereocenters. The highest BCUT2D eigenvalue weighted by molar-refractivity contribution is 7.80. The number of nitrogens with one attached hydrogen (secondary N) is 3. The molecule has 6 nitrogen and oxygen atoms in total. The smallest absolute Gasteiger partial charge is 0.387 e. The second-order valence-corrected chi connectivity index (χ2v) is 7.09. The third kappa shape index (κ3) is 4.85. The van der Waals surface area contributed by atoms with E-state index < -0.39 is 12.7 Å². The molecule has 2 aromatic carbocycles. The summed E-state index contributed by atoms with van der Waals surface area (Å²) in [5.41, 5.74) is 3.32. The van der Waals surface area contributed by atoms with Crippen molar-refractivity contribution in [2.24, 2.45) is 0 Å². The Labute approximate surface area is 178 Å². The van der Waals surface area contributed by atoms with Crippen molar-refractivity contribution in [1.29, 1.82) is 0 Å². The summed E-state index contributed by atoms with van der Waals surface area (Å²) in [6.45, 7) is 0.724. The van der Waals surface area contributed by atoms with Gasteiger partial charge in [-0.05, 0) is 55.9 Å². The molecule has 0 unspecified atom stereocenters. The fourth-order valence-electron chi connectivity index (χ4n) is 3.14. The van der Waals surface area contributed by atoms with E-state index in [0.717, 1.165) is 5.56 Å². The molecule has 158 valence electrons. The highest BCUT2D eigenvalue weighted by atomic mass is 32.1. The zero-order valence-corrected chi connectivity index (χ0v) is 17.4. The summed E-state index contributed by atoms with van der Waals surface area (Å²) >= 11 is 5.24. The predicted molar refractivity (Wildman–Crippen MR) is 114 cm³/mol. The van der Waals surface area contributed by atoms with Crippen LogP contribution in [0.25, 0.3) is 0 Å². The van der Waals surface area contributed by atoms with Crippen molar-refractivity contribution in [1.82, 2.24) is 10.6 Å². The van der Waals surface area contributed by atoms with E-state index in [4.69, 9.17) is 17.0 Å². The number of carbonyl (C=O) groups is 1. The van der Waals surface area contributed by atoms with Gasteiger partial charge in [-0.1, -0.05) is 23.8 Å². The molecule has 1 amide bonds. The van der Waals surface area contributed by atoms with Crippen LogP contribution in [0.3, 0.4) is 0 Å². The largest absolute Gasteiger partial charge is 0.493 e. The molecule has 0 bridgehead atoms. The lowest BCUT2D eigenvalue weighted by Gasteiger charge is -2.30. The standard InChI is InChI=1S/C21H21F2N3O3S/c1-11-4-7-14(8-5-11)25-19(27)17-12(2)24-21(30)26-18(17)13-6-9-15(29-20(22)23)16(10-13)28-3/h4-10,18,20H,1-3H3,(H,25,27)(H2,24,26,30)/t18-/m0/s1. The fourth-order valence-corrected chi connectivity index (χ4v) is 3.41. The molecule has 0 radical (unpaired) electrons. The van der Waals surface area contributed by atoms with Gasteiger partial charge in [0.1, 0.15) is 0 Å². The van der Waals surface area contributed by atoms with Crippen LogP contribution in [0.5, 0.6) is 11.5 Å². The first-order valence-electron chi connectivity index (χ1n) is 9.07. The minimum absolute atomic E-state index is 0.0980. The second kappa shape index (κ2) is 9.08. The third-order valence-corrected chi connectivity index (χ3v) is 4.78. The minimum atomic E-state index is -2.98. The van der Waals surface area contributed by atoms with Crippen molar-refractivity contribution in [2.75, 3.05) is 12.4 Å². The number of alkyl halides is 2. The monoisotopic (exact) mass is 433 g/mol. The highest BCUT2D eigenvalue weighted by Gasteiger charge is 2.30. The average molecular weight is 433 g/mol. The van der Waals surface area contributed by atoms with Crippen molar-refractivity contribution in [3.05, 3.63) is 64.9 Å². The molecule has 1 aliphatic heterocycles. The number of benzene rings is 2. The van der Waals surface area contributed by atoms with Crippen LogP contribution in [-0.2, 0) is 4.79 Å². The third-order valence-electron chi connectivity index (χ3n) is 4.56. The van der Waals surface area contributed by atoms with Gasteiger partial charge in [0.2, 0.25) is 0 Å². The van der Waals surface area contributed by atoms with Crippen molar-refractivity contribution in [2.45, 2.75) is 26.5 Å². The van der Waals surface area contributed by atoms with Crippen LogP contribution in [0.2, 0.25) is 0 Å². The lowest BCUT2D eigenvalue weighted by molar-refractivity contribution is -0.113. The maximum Gasteiger partial charge on any atom is 0.387 e. The quantitative estimate of drug-likeness (QED) is 0.598. The summed E-state index contributed by atoms with van der Waals surface area (Å²) in [7, 11) is 1.35. The molecule has 9 heteroatoms. The number of rotatable bonds is 6. The number of thiocarbonyl (C=S) groups is 1. The lowest BCUT2D eigenvalue weighted by atomic mass is 9.94. The van der Waals surface area contributed by atoms with Crippen molar-refractivity contribution < 1.29 is 23.0 Å². The first-order chi connectivity index (χ1) is 14.3. The summed E-state index contributed by atoms with van der Waals surface area (Å²) in [4.78, 5) is 13.1. The van der Waals surface area contributed by atoms with Crippen LogP contribution in [0, 0.1) is 6.92 Å². The van der Waals surface area contributed by atoms with Gasteiger partial charge in [0, 0.05) is 11.4 Å². The molecular formula is C21H21F2N3O3S. The topological polar surface area (TPSA) is 71.6 Å². The van der Waals surface area contributed by atoms with Gasteiger partial charge < -0.3 is 25.4 Å². The van der Waals surface area contributed by atoms with Gasteiger partial charge in [-0.3, -0.25) is 4.79 Å². The lowest BCUT2D eigenvalue weighted by Crippen LogP contribution is -2.45. The van der Waals surface area contributed by atoms with Gasteiger partial charge in [-0.2, -0.15) is 8.78 Å². The number of anilines is 1. The summed E-state index contributed by atoms with van der Waals surface area (Å²) in [5, 5.41) is 9.23. The van der Waals surface area contributed by atoms with Gasteiger partial charge in [-0.15, -0.1) is 0 Å². The van der Waals surface area contributed by atoms with Crippen LogP contribution >= 0.6 is 12.2 Å². The molecule has 2 aromatic rings. The number of carbonyl (C=O) groups excluding carboxylic acids is 1. The molecule has 1 heterocycles. The normalized spacial score (nSPS) is 16.1. The van der Waals surface area contributed by atoms with Crippen molar-refractivity contribution >= 4 is 28.9 Å². The van der Waals surface area contributed by atoms with Crippen LogP contribution in [-0.4, -0.2) is 24.7 Å². The fraction of sp³-hybridized carbons (Fsp3) is 0.238. The predicted octanol–water partition coefficient (Wildman–Crippen LogP) is 4.04. The number of halogens is 2. The molecule has 0 saturated carbocycles. The Kier molecular flexibility index (Phi) is 6.51. The number of aryl methyl sites for hydroxylation is 1. The van der Waals surface area contributed by atoms with E-state index in [1.54, 1.807) is 13.0 Å². The molecular weight excluding hydrogens is 412 g/mol. The zero-order valence-electron chi connectivity index (χ0n) is 16.6. The van der Waals surface area contributed by atoms with E-state index >= 15 is 0 Å². The Morgan fingerprint density at radius 2 is 1.83 bits per heavy atom. The molecule has 0 fully saturated rings. The summed E-state index contributed by atoms with van der Waals surface area (Å²) in [6.07, 6.45) is 0. The van der Waals surface area contributed by atoms with E-state index in [-0.39, 0.29) is 17.4 Å². The molecule has 3 N–H and O–H groups in total. The van der Waals surface area contributed by atoms with Crippen molar-refractivity contribution in [3.8, 4) is 11.5 Å². The van der Waals surface area contributed by atoms with Crippen LogP contribution in [0.1, 0.15) is 24.1 Å². The Bertz CT molecular complexity index is 993. The first kappa shape index (κ1) is 21.5. The Balaban J connectivity index is 1.95.